The standard InChI is InChI=1S/C21H26FN3O/c1-16-13-17(2)15-19(14-16)24-9-11-25(12-10-24)21(26)23-8-7-18-5-3-4-6-20(18)22/h3-6,13-15H,7-12H2,1-2H3,(H,23,26). The number of carbonyl (C=O) groups excluding carboxylic acids is 1. The van der Waals surface area contributed by atoms with E-state index in [-0.39, 0.29) is 11.8 Å². The zero-order valence-electron chi connectivity index (χ0n) is 15.5. The van der Waals surface area contributed by atoms with E-state index in [1.165, 1.54) is 22.9 Å². The summed E-state index contributed by atoms with van der Waals surface area (Å²) in [5, 5.41) is 2.90. The SMILES string of the molecule is Cc1cc(C)cc(N2CCN(C(=O)NCCc3ccccc3F)CC2)c1. The molecule has 0 bridgehead atoms. The van der Waals surface area contributed by atoms with Crippen LogP contribution in [-0.2, 0) is 6.42 Å². The van der Waals surface area contributed by atoms with Crippen molar-refractivity contribution in [1.29, 1.82) is 0 Å². The summed E-state index contributed by atoms with van der Waals surface area (Å²) in [6.45, 7) is 7.69. The Labute approximate surface area is 154 Å². The van der Waals surface area contributed by atoms with Gasteiger partial charge in [0.2, 0.25) is 0 Å². The number of piperazine rings is 1. The maximum atomic E-state index is 13.6. The Morgan fingerprint density at radius 1 is 1.04 bits per heavy atom. The van der Waals surface area contributed by atoms with E-state index in [9.17, 15) is 9.18 Å². The van der Waals surface area contributed by atoms with Crippen LogP contribution >= 0.6 is 0 Å². The Kier molecular flexibility index (Phi) is 5.76. The number of rotatable bonds is 4. The van der Waals surface area contributed by atoms with Crippen molar-refractivity contribution in [3.63, 3.8) is 0 Å². The molecular formula is C21H26FN3O. The molecule has 0 saturated carbocycles. The maximum absolute atomic E-state index is 13.6. The molecule has 2 amide bonds. The van der Waals surface area contributed by atoms with Crippen LogP contribution in [0.2, 0.25) is 0 Å². The fourth-order valence-electron chi connectivity index (χ4n) is 3.42. The Balaban J connectivity index is 1.47. The number of halogens is 1. The van der Waals surface area contributed by atoms with Crippen LogP contribution in [0.3, 0.4) is 0 Å². The summed E-state index contributed by atoms with van der Waals surface area (Å²) in [5.74, 6) is -0.219. The minimum Gasteiger partial charge on any atom is -0.368 e. The van der Waals surface area contributed by atoms with Gasteiger partial charge in [-0.3, -0.25) is 0 Å². The summed E-state index contributed by atoms with van der Waals surface area (Å²) in [5.41, 5.74) is 4.37. The van der Waals surface area contributed by atoms with Gasteiger partial charge in [-0.1, -0.05) is 24.3 Å². The van der Waals surface area contributed by atoms with E-state index in [1.54, 1.807) is 12.1 Å². The number of nitrogens with zero attached hydrogens (tertiary/aromatic N) is 2. The minimum absolute atomic E-state index is 0.0681. The fourth-order valence-corrected chi connectivity index (χ4v) is 3.42. The number of urea groups is 1. The van der Waals surface area contributed by atoms with Crippen LogP contribution < -0.4 is 10.2 Å². The van der Waals surface area contributed by atoms with Crippen molar-refractivity contribution in [2.45, 2.75) is 20.3 Å². The quantitative estimate of drug-likeness (QED) is 0.911. The van der Waals surface area contributed by atoms with Crippen LogP contribution in [0.1, 0.15) is 16.7 Å². The van der Waals surface area contributed by atoms with Gasteiger partial charge in [0.05, 0.1) is 0 Å². The van der Waals surface area contributed by atoms with Crippen LogP contribution in [0.5, 0.6) is 0 Å². The third kappa shape index (κ3) is 4.54. The number of amides is 2. The van der Waals surface area contributed by atoms with E-state index in [2.05, 4.69) is 42.3 Å². The van der Waals surface area contributed by atoms with Gasteiger partial charge in [-0.25, -0.2) is 9.18 Å². The summed E-state index contributed by atoms with van der Waals surface area (Å²) in [6.07, 6.45) is 0.501. The molecule has 4 nitrogen and oxygen atoms in total. The average molecular weight is 355 g/mol. The zero-order chi connectivity index (χ0) is 18.5. The monoisotopic (exact) mass is 355 g/mol. The molecule has 1 aliphatic rings. The van der Waals surface area contributed by atoms with Gasteiger partial charge in [-0.05, 0) is 55.2 Å². The molecule has 1 saturated heterocycles. The molecule has 0 radical (unpaired) electrons. The normalized spacial score (nSPS) is 14.4. The highest BCUT2D eigenvalue weighted by molar-refractivity contribution is 5.74. The van der Waals surface area contributed by atoms with Crippen molar-refractivity contribution in [2.24, 2.45) is 0 Å². The fraction of sp³-hybridized carbons (Fsp3) is 0.381. The molecule has 1 heterocycles. The van der Waals surface area contributed by atoms with Crippen LogP contribution in [0, 0.1) is 19.7 Å². The Morgan fingerprint density at radius 2 is 1.69 bits per heavy atom. The molecular weight excluding hydrogens is 329 g/mol. The number of nitrogens with one attached hydrogen (secondary N) is 1. The third-order valence-corrected chi connectivity index (χ3v) is 4.77. The molecule has 1 N–H and O–H groups in total. The molecule has 0 spiro atoms. The van der Waals surface area contributed by atoms with Gasteiger partial charge in [0.25, 0.3) is 0 Å². The molecule has 0 atom stereocenters. The minimum atomic E-state index is -0.219. The molecule has 2 aromatic rings. The first-order valence-corrected chi connectivity index (χ1v) is 9.12. The van der Waals surface area contributed by atoms with Crippen molar-refractivity contribution >= 4 is 11.7 Å². The van der Waals surface area contributed by atoms with Gasteiger partial charge < -0.3 is 15.1 Å². The second-order valence-electron chi connectivity index (χ2n) is 6.89. The van der Waals surface area contributed by atoms with Crippen molar-refractivity contribution in [3.05, 3.63) is 65.0 Å². The Hall–Kier alpha value is -2.56. The molecule has 1 fully saturated rings. The predicted molar refractivity (Wildman–Crippen MR) is 103 cm³/mol. The summed E-state index contributed by atoms with van der Waals surface area (Å²) in [6, 6.07) is 13.2. The predicted octanol–water partition coefficient (Wildman–Crippen LogP) is 3.52. The maximum Gasteiger partial charge on any atom is 0.317 e. The van der Waals surface area contributed by atoms with E-state index < -0.39 is 0 Å². The van der Waals surface area contributed by atoms with E-state index in [0.717, 1.165) is 13.1 Å². The molecule has 3 rings (SSSR count). The first-order chi connectivity index (χ1) is 12.5. The van der Waals surface area contributed by atoms with Crippen molar-refractivity contribution in [3.8, 4) is 0 Å². The lowest BCUT2D eigenvalue weighted by atomic mass is 10.1. The lowest BCUT2D eigenvalue weighted by Crippen LogP contribution is -2.52. The van der Waals surface area contributed by atoms with E-state index in [4.69, 9.17) is 0 Å². The van der Waals surface area contributed by atoms with E-state index >= 15 is 0 Å². The number of hydrogen-bond acceptors (Lipinski definition) is 2. The van der Waals surface area contributed by atoms with E-state index in [0.29, 0.717) is 31.6 Å². The van der Waals surface area contributed by atoms with Crippen molar-refractivity contribution in [1.82, 2.24) is 10.2 Å². The van der Waals surface area contributed by atoms with Crippen LogP contribution in [-0.4, -0.2) is 43.7 Å². The second-order valence-corrected chi connectivity index (χ2v) is 6.89. The molecule has 138 valence electrons. The van der Waals surface area contributed by atoms with Gasteiger partial charge in [0.1, 0.15) is 5.82 Å². The van der Waals surface area contributed by atoms with Gasteiger partial charge in [-0.15, -0.1) is 0 Å². The van der Waals surface area contributed by atoms with Crippen molar-refractivity contribution in [2.75, 3.05) is 37.6 Å². The molecule has 1 aliphatic heterocycles. The summed E-state index contributed by atoms with van der Waals surface area (Å²) >= 11 is 0. The molecule has 0 unspecified atom stereocenters. The molecule has 26 heavy (non-hydrogen) atoms. The smallest absolute Gasteiger partial charge is 0.317 e. The lowest BCUT2D eigenvalue weighted by Gasteiger charge is -2.36. The van der Waals surface area contributed by atoms with Crippen LogP contribution in [0.25, 0.3) is 0 Å². The number of carbonyl (C=O) groups is 1. The number of aryl methyl sites for hydroxylation is 2. The average Bonchev–Trinajstić information content (AvgIpc) is 2.62. The highest BCUT2D eigenvalue weighted by atomic mass is 19.1. The zero-order valence-corrected chi connectivity index (χ0v) is 15.5. The molecule has 0 aromatic heterocycles. The van der Waals surface area contributed by atoms with E-state index in [1.807, 2.05) is 11.0 Å². The third-order valence-electron chi connectivity index (χ3n) is 4.77. The highest BCUT2D eigenvalue weighted by Crippen LogP contribution is 2.20. The number of benzene rings is 2. The van der Waals surface area contributed by atoms with Gasteiger partial charge in [-0.2, -0.15) is 0 Å². The largest absolute Gasteiger partial charge is 0.368 e. The topological polar surface area (TPSA) is 35.6 Å². The number of hydrogen-bond donors (Lipinski definition) is 1. The lowest BCUT2D eigenvalue weighted by molar-refractivity contribution is 0.194. The van der Waals surface area contributed by atoms with Gasteiger partial charge in [0, 0.05) is 38.4 Å². The summed E-state index contributed by atoms with van der Waals surface area (Å²) < 4.78 is 13.6. The number of anilines is 1. The summed E-state index contributed by atoms with van der Waals surface area (Å²) in [4.78, 5) is 16.5. The first-order valence-electron chi connectivity index (χ1n) is 9.12. The second kappa shape index (κ2) is 8.21. The molecule has 5 heteroatoms. The van der Waals surface area contributed by atoms with Gasteiger partial charge in [0.15, 0.2) is 0 Å². The Bertz CT molecular complexity index is 749. The first kappa shape index (κ1) is 18.2. The van der Waals surface area contributed by atoms with Crippen molar-refractivity contribution < 1.29 is 9.18 Å². The molecule has 2 aromatic carbocycles. The van der Waals surface area contributed by atoms with Crippen LogP contribution in [0.4, 0.5) is 14.9 Å². The van der Waals surface area contributed by atoms with Crippen LogP contribution in [0.15, 0.2) is 42.5 Å². The molecule has 0 aliphatic carbocycles. The highest BCUT2D eigenvalue weighted by Gasteiger charge is 2.21. The summed E-state index contributed by atoms with van der Waals surface area (Å²) in [7, 11) is 0. The van der Waals surface area contributed by atoms with Gasteiger partial charge >= 0.3 is 6.03 Å². The Morgan fingerprint density at radius 3 is 2.35 bits per heavy atom.